The van der Waals surface area contributed by atoms with Crippen LogP contribution in [0.15, 0.2) is 30.6 Å². The maximum Gasteiger partial charge on any atom is 0.248 e. The van der Waals surface area contributed by atoms with Crippen molar-refractivity contribution in [2.75, 3.05) is 0 Å². The van der Waals surface area contributed by atoms with Crippen molar-refractivity contribution in [1.82, 2.24) is 14.4 Å². The van der Waals surface area contributed by atoms with E-state index in [4.69, 9.17) is 21.4 Å². The molecular formula is C14H10B2N4O. The molecule has 2 N–H and O–H groups in total. The zero-order valence-electron chi connectivity index (χ0n) is 11.4. The number of carbonyl (C=O) groups excluding carboxylic acids is 1. The van der Waals surface area contributed by atoms with Gasteiger partial charge in [0.2, 0.25) is 5.91 Å². The second-order valence-electron chi connectivity index (χ2n) is 4.78. The Morgan fingerprint density at radius 2 is 2.10 bits per heavy atom. The predicted molar refractivity (Wildman–Crippen MR) is 82.5 cm³/mol. The highest BCUT2D eigenvalue weighted by atomic mass is 16.1. The molecule has 0 aliphatic rings. The first kappa shape index (κ1) is 13.4. The van der Waals surface area contributed by atoms with Gasteiger partial charge in [-0.15, -0.1) is 0 Å². The molecule has 21 heavy (non-hydrogen) atoms. The highest BCUT2D eigenvalue weighted by molar-refractivity contribution is 6.37. The Morgan fingerprint density at radius 1 is 1.33 bits per heavy atom. The molecule has 98 valence electrons. The van der Waals surface area contributed by atoms with Crippen molar-refractivity contribution >= 4 is 38.4 Å². The maximum atomic E-state index is 11.3. The predicted octanol–water partition coefficient (Wildman–Crippen LogP) is -0.609. The summed E-state index contributed by atoms with van der Waals surface area (Å²) in [7, 11) is 11.5. The summed E-state index contributed by atoms with van der Waals surface area (Å²) < 4.78 is 1.77. The third kappa shape index (κ3) is 2.20. The van der Waals surface area contributed by atoms with Crippen molar-refractivity contribution in [3.8, 4) is 11.3 Å². The zero-order chi connectivity index (χ0) is 15.1. The van der Waals surface area contributed by atoms with Crippen molar-refractivity contribution in [3.05, 3.63) is 41.7 Å². The van der Waals surface area contributed by atoms with Crippen LogP contribution in [0.25, 0.3) is 16.9 Å². The highest BCUT2D eigenvalue weighted by Crippen LogP contribution is 2.22. The number of hydrogen-bond donors (Lipinski definition) is 1. The average Bonchev–Trinajstić information content (AvgIpc) is 2.82. The summed E-state index contributed by atoms with van der Waals surface area (Å²) in [6.45, 7) is 1.83. The molecule has 3 aromatic rings. The molecule has 1 amide bonds. The monoisotopic (exact) mass is 272 g/mol. The van der Waals surface area contributed by atoms with Crippen LogP contribution in [0.5, 0.6) is 0 Å². The van der Waals surface area contributed by atoms with Gasteiger partial charge in [0, 0.05) is 28.5 Å². The van der Waals surface area contributed by atoms with Gasteiger partial charge in [0.25, 0.3) is 0 Å². The Balaban J connectivity index is 2.21. The van der Waals surface area contributed by atoms with Gasteiger partial charge in [0.15, 0.2) is 0 Å². The minimum atomic E-state index is -0.449. The number of nitrogens with zero attached hydrogens (tertiary/aromatic N) is 3. The Kier molecular flexibility index (Phi) is 3.05. The van der Waals surface area contributed by atoms with E-state index >= 15 is 0 Å². The van der Waals surface area contributed by atoms with Crippen molar-refractivity contribution in [2.24, 2.45) is 5.73 Å². The molecular weight excluding hydrogens is 262 g/mol. The lowest BCUT2D eigenvalue weighted by Gasteiger charge is -2.07. The highest BCUT2D eigenvalue weighted by Gasteiger charge is 2.11. The third-order valence-electron chi connectivity index (χ3n) is 3.32. The largest absolute Gasteiger partial charge is 0.366 e. The second-order valence-corrected chi connectivity index (χ2v) is 4.78. The van der Waals surface area contributed by atoms with Gasteiger partial charge in [-0.25, -0.2) is 4.98 Å². The average molecular weight is 272 g/mol. The van der Waals surface area contributed by atoms with Gasteiger partial charge in [-0.3, -0.25) is 14.2 Å². The first-order chi connectivity index (χ1) is 9.97. The van der Waals surface area contributed by atoms with Crippen molar-refractivity contribution in [3.63, 3.8) is 0 Å². The lowest BCUT2D eigenvalue weighted by atomic mass is 10.00. The number of imidazole rings is 1. The van der Waals surface area contributed by atoms with Crippen molar-refractivity contribution < 1.29 is 4.79 Å². The Labute approximate surface area is 124 Å². The Hall–Kier alpha value is -2.56. The van der Waals surface area contributed by atoms with Crippen LogP contribution in [-0.2, 0) is 0 Å². The summed E-state index contributed by atoms with van der Waals surface area (Å²) in [6, 6.07) is 5.38. The first-order valence-corrected chi connectivity index (χ1v) is 6.27. The van der Waals surface area contributed by atoms with Crippen LogP contribution in [0.4, 0.5) is 0 Å². The van der Waals surface area contributed by atoms with Gasteiger partial charge >= 0.3 is 0 Å². The van der Waals surface area contributed by atoms with Crippen LogP contribution in [0.2, 0.25) is 0 Å². The molecule has 2 heterocycles. The molecule has 0 spiro atoms. The number of aryl methyl sites for hydroxylation is 1. The summed E-state index contributed by atoms with van der Waals surface area (Å²) >= 11 is 0. The topological polar surface area (TPSA) is 73.3 Å². The lowest BCUT2D eigenvalue weighted by molar-refractivity contribution is 0.1000. The molecule has 3 rings (SSSR count). The fourth-order valence-electron chi connectivity index (χ4n) is 2.34. The molecule has 0 bridgehead atoms. The van der Waals surface area contributed by atoms with E-state index in [1.165, 1.54) is 0 Å². The fourth-order valence-corrected chi connectivity index (χ4v) is 2.34. The summed E-state index contributed by atoms with van der Waals surface area (Å²) in [5.74, 6) is -0.449. The van der Waals surface area contributed by atoms with Crippen molar-refractivity contribution in [1.29, 1.82) is 0 Å². The van der Waals surface area contributed by atoms with E-state index in [0.717, 1.165) is 16.8 Å². The summed E-state index contributed by atoms with van der Waals surface area (Å²) in [5, 5.41) is 0. The van der Waals surface area contributed by atoms with E-state index in [2.05, 4.69) is 9.97 Å². The number of rotatable bonds is 2. The van der Waals surface area contributed by atoms with Crippen LogP contribution < -0.4 is 16.9 Å². The molecule has 4 radical (unpaired) electrons. The molecule has 0 aliphatic carbocycles. The van der Waals surface area contributed by atoms with E-state index in [-0.39, 0.29) is 5.59 Å². The number of hydrogen-bond acceptors (Lipinski definition) is 3. The molecule has 0 fully saturated rings. The van der Waals surface area contributed by atoms with Crippen LogP contribution in [-0.4, -0.2) is 36.0 Å². The number of nitrogens with two attached hydrogens (primary N) is 1. The minimum absolute atomic E-state index is 0.270. The number of amides is 1. The van der Waals surface area contributed by atoms with Gasteiger partial charge in [-0.05, 0) is 24.6 Å². The number of aromatic nitrogens is 3. The molecule has 1 aromatic carbocycles. The van der Waals surface area contributed by atoms with E-state index < -0.39 is 5.91 Å². The summed E-state index contributed by atoms with van der Waals surface area (Å²) in [6.07, 6.45) is 3.34. The quantitative estimate of drug-likeness (QED) is 0.632. The van der Waals surface area contributed by atoms with E-state index in [0.29, 0.717) is 16.8 Å². The molecule has 0 unspecified atom stereocenters. The smallest absolute Gasteiger partial charge is 0.248 e. The number of fused-ring (bicyclic) bond motifs is 1. The van der Waals surface area contributed by atoms with Gasteiger partial charge in [0.1, 0.15) is 21.3 Å². The molecule has 0 saturated heterocycles. The van der Waals surface area contributed by atoms with E-state index in [9.17, 15) is 4.79 Å². The molecule has 0 aliphatic heterocycles. The molecule has 0 atom stereocenters. The molecule has 2 aromatic heterocycles. The van der Waals surface area contributed by atoms with Gasteiger partial charge < -0.3 is 5.73 Å². The summed E-state index contributed by atoms with van der Waals surface area (Å²) in [5.41, 5.74) is 9.42. The van der Waals surface area contributed by atoms with Crippen LogP contribution >= 0.6 is 0 Å². The van der Waals surface area contributed by atoms with Gasteiger partial charge in [-0.2, -0.15) is 0 Å². The van der Waals surface area contributed by atoms with Gasteiger partial charge in [0.05, 0.1) is 11.9 Å². The first-order valence-electron chi connectivity index (χ1n) is 6.27. The lowest BCUT2D eigenvalue weighted by Crippen LogP contribution is -2.24. The van der Waals surface area contributed by atoms with Crippen LogP contribution in [0, 0.1) is 6.92 Å². The zero-order valence-corrected chi connectivity index (χ0v) is 11.4. The fraction of sp³-hybridized carbons (Fsp3) is 0.0714. The normalized spacial score (nSPS) is 10.9. The SMILES string of the molecule is [B]c1cn2c(-c3ccc(C(N)=O)c(C)c3)cnc2c([B])n1. The Morgan fingerprint density at radius 3 is 2.76 bits per heavy atom. The second kappa shape index (κ2) is 4.77. The van der Waals surface area contributed by atoms with Gasteiger partial charge in [-0.1, -0.05) is 6.07 Å². The van der Waals surface area contributed by atoms with Crippen LogP contribution in [0.3, 0.4) is 0 Å². The standard InChI is InChI=1S/C14H10B2N4O/c1-7-4-8(2-3-9(7)13(17)21)10-5-18-14-12(16)19-11(15)6-20(10)14/h2-6H,1H3,(H2,17,21). The van der Waals surface area contributed by atoms with Crippen molar-refractivity contribution in [2.45, 2.75) is 6.92 Å². The number of benzene rings is 1. The molecule has 5 nitrogen and oxygen atoms in total. The Bertz CT molecular complexity index is 873. The molecule has 7 heteroatoms. The van der Waals surface area contributed by atoms with E-state index in [1.807, 2.05) is 19.1 Å². The van der Waals surface area contributed by atoms with E-state index in [1.54, 1.807) is 22.9 Å². The summed E-state index contributed by atoms with van der Waals surface area (Å²) in [4.78, 5) is 19.5. The minimum Gasteiger partial charge on any atom is -0.366 e. The maximum absolute atomic E-state index is 11.3. The third-order valence-corrected chi connectivity index (χ3v) is 3.32. The number of primary amides is 1. The van der Waals surface area contributed by atoms with Crippen LogP contribution in [0.1, 0.15) is 15.9 Å². The molecule has 0 saturated carbocycles. The number of carbonyl (C=O) groups is 1.